The van der Waals surface area contributed by atoms with Crippen molar-refractivity contribution in [3.05, 3.63) is 28.8 Å². The molecule has 1 aromatic carbocycles. The molecule has 2 saturated heterocycles. The number of amides is 1. The molecule has 2 heterocycles. The Balaban J connectivity index is 1.78. The Labute approximate surface area is 134 Å². The van der Waals surface area contributed by atoms with Crippen LogP contribution < -0.4 is 5.32 Å². The van der Waals surface area contributed by atoms with Gasteiger partial charge in [-0.3, -0.25) is 9.69 Å². The highest BCUT2D eigenvalue weighted by Crippen LogP contribution is 2.38. The molecule has 6 heteroatoms. The van der Waals surface area contributed by atoms with Gasteiger partial charge in [-0.1, -0.05) is 23.7 Å². The van der Waals surface area contributed by atoms with Crippen molar-refractivity contribution in [2.75, 3.05) is 19.6 Å². The molecule has 5 nitrogen and oxygen atoms in total. The van der Waals surface area contributed by atoms with Gasteiger partial charge in [0.2, 0.25) is 5.91 Å². The number of phenolic OH excluding ortho intramolecular Hbond substituents is 1. The molecule has 1 amide bonds. The third-order valence-electron chi connectivity index (χ3n) is 4.85. The molecule has 0 aromatic heterocycles. The Morgan fingerprint density at radius 2 is 2.27 bits per heavy atom. The summed E-state index contributed by atoms with van der Waals surface area (Å²) in [7, 11) is 0. The van der Waals surface area contributed by atoms with Gasteiger partial charge < -0.3 is 15.5 Å². The zero-order valence-electron chi connectivity index (χ0n) is 12.4. The molecule has 22 heavy (non-hydrogen) atoms. The van der Waals surface area contributed by atoms with E-state index >= 15 is 0 Å². The molecule has 0 saturated carbocycles. The molecule has 2 fully saturated rings. The SMILES string of the molecule is O=C1NCCC[C@]12CN(Cc1cccc(O)c1Cl)CC[C@H]2O. The van der Waals surface area contributed by atoms with Crippen molar-refractivity contribution in [3.63, 3.8) is 0 Å². The first-order valence-corrected chi connectivity index (χ1v) is 8.06. The van der Waals surface area contributed by atoms with Gasteiger partial charge in [-0.2, -0.15) is 0 Å². The number of hydrogen-bond acceptors (Lipinski definition) is 4. The van der Waals surface area contributed by atoms with Crippen LogP contribution in [0.1, 0.15) is 24.8 Å². The van der Waals surface area contributed by atoms with Gasteiger partial charge in [0.05, 0.1) is 16.5 Å². The maximum atomic E-state index is 12.3. The van der Waals surface area contributed by atoms with Crippen molar-refractivity contribution >= 4 is 17.5 Å². The zero-order chi connectivity index (χ0) is 15.7. The molecule has 3 rings (SSSR count). The van der Waals surface area contributed by atoms with Crippen LogP contribution in [0.3, 0.4) is 0 Å². The smallest absolute Gasteiger partial charge is 0.230 e. The Bertz CT molecular complexity index is 581. The van der Waals surface area contributed by atoms with Crippen molar-refractivity contribution in [1.29, 1.82) is 0 Å². The van der Waals surface area contributed by atoms with Gasteiger partial charge in [-0.15, -0.1) is 0 Å². The second-order valence-corrected chi connectivity index (χ2v) is 6.66. The summed E-state index contributed by atoms with van der Waals surface area (Å²) in [5, 5.41) is 23.3. The molecule has 0 bridgehead atoms. The fourth-order valence-corrected chi connectivity index (χ4v) is 3.78. The molecule has 1 spiro atoms. The van der Waals surface area contributed by atoms with Crippen LogP contribution in [0.15, 0.2) is 18.2 Å². The monoisotopic (exact) mass is 324 g/mol. The van der Waals surface area contributed by atoms with Crippen molar-refractivity contribution in [1.82, 2.24) is 10.2 Å². The number of benzene rings is 1. The summed E-state index contributed by atoms with van der Waals surface area (Å²) in [6, 6.07) is 5.20. The number of phenols is 1. The van der Waals surface area contributed by atoms with Gasteiger partial charge in [0, 0.05) is 26.2 Å². The number of halogens is 1. The molecule has 2 aliphatic heterocycles. The number of piperidine rings is 2. The largest absolute Gasteiger partial charge is 0.506 e. The van der Waals surface area contributed by atoms with Gasteiger partial charge in [0.25, 0.3) is 0 Å². The molecule has 120 valence electrons. The van der Waals surface area contributed by atoms with E-state index in [0.717, 1.165) is 12.0 Å². The van der Waals surface area contributed by atoms with E-state index in [1.807, 2.05) is 6.07 Å². The number of rotatable bonds is 2. The Morgan fingerprint density at radius 1 is 1.45 bits per heavy atom. The number of nitrogens with one attached hydrogen (secondary N) is 1. The topological polar surface area (TPSA) is 72.8 Å². The quantitative estimate of drug-likeness (QED) is 0.771. The minimum atomic E-state index is -0.709. The number of carbonyl (C=O) groups is 1. The van der Waals surface area contributed by atoms with E-state index in [1.165, 1.54) is 0 Å². The summed E-state index contributed by atoms with van der Waals surface area (Å²) in [5.74, 6) is 0.0271. The van der Waals surface area contributed by atoms with E-state index in [9.17, 15) is 15.0 Å². The van der Waals surface area contributed by atoms with Crippen LogP contribution in [0.4, 0.5) is 0 Å². The maximum absolute atomic E-state index is 12.3. The fraction of sp³-hybridized carbons (Fsp3) is 0.562. The van der Waals surface area contributed by atoms with Gasteiger partial charge in [0.1, 0.15) is 5.75 Å². The summed E-state index contributed by atoms with van der Waals surface area (Å²) in [6.07, 6.45) is 1.58. The summed E-state index contributed by atoms with van der Waals surface area (Å²) < 4.78 is 0. The number of aliphatic hydroxyl groups is 1. The first-order chi connectivity index (χ1) is 10.5. The van der Waals surface area contributed by atoms with Crippen LogP contribution in [0.5, 0.6) is 5.75 Å². The number of aliphatic hydroxyl groups excluding tert-OH is 1. The van der Waals surface area contributed by atoms with Crippen LogP contribution >= 0.6 is 11.6 Å². The number of aromatic hydroxyl groups is 1. The van der Waals surface area contributed by atoms with Gasteiger partial charge in [-0.25, -0.2) is 0 Å². The maximum Gasteiger partial charge on any atom is 0.230 e. The first-order valence-electron chi connectivity index (χ1n) is 7.68. The Morgan fingerprint density at radius 3 is 3.05 bits per heavy atom. The summed E-state index contributed by atoms with van der Waals surface area (Å²) in [4.78, 5) is 14.5. The van der Waals surface area contributed by atoms with E-state index in [1.54, 1.807) is 12.1 Å². The van der Waals surface area contributed by atoms with E-state index < -0.39 is 11.5 Å². The second-order valence-electron chi connectivity index (χ2n) is 6.28. The summed E-state index contributed by atoms with van der Waals surface area (Å²) in [5.41, 5.74) is 0.129. The summed E-state index contributed by atoms with van der Waals surface area (Å²) >= 11 is 6.14. The first kappa shape index (κ1) is 15.6. The van der Waals surface area contributed by atoms with Crippen LogP contribution in [-0.2, 0) is 11.3 Å². The number of likely N-dealkylation sites (tertiary alicyclic amines) is 1. The average Bonchev–Trinajstić information content (AvgIpc) is 2.50. The van der Waals surface area contributed by atoms with Crippen molar-refractivity contribution in [3.8, 4) is 5.75 Å². The van der Waals surface area contributed by atoms with Gasteiger partial charge in [-0.05, 0) is 30.9 Å². The van der Waals surface area contributed by atoms with Crippen LogP contribution in [0, 0.1) is 5.41 Å². The van der Waals surface area contributed by atoms with E-state index in [0.29, 0.717) is 44.0 Å². The minimum absolute atomic E-state index is 0.0436. The second kappa shape index (κ2) is 6.07. The predicted molar refractivity (Wildman–Crippen MR) is 83.7 cm³/mol. The number of carbonyl (C=O) groups excluding carboxylic acids is 1. The van der Waals surface area contributed by atoms with E-state index in [4.69, 9.17) is 11.6 Å². The van der Waals surface area contributed by atoms with Gasteiger partial charge in [0.15, 0.2) is 0 Å². The molecule has 2 atom stereocenters. The van der Waals surface area contributed by atoms with Crippen LogP contribution in [-0.4, -0.2) is 46.8 Å². The number of hydrogen-bond donors (Lipinski definition) is 3. The summed E-state index contributed by atoms with van der Waals surface area (Å²) in [6.45, 7) is 2.48. The van der Waals surface area contributed by atoms with E-state index in [2.05, 4.69) is 10.2 Å². The van der Waals surface area contributed by atoms with Crippen molar-refractivity contribution < 1.29 is 15.0 Å². The fourth-order valence-electron chi connectivity index (χ4n) is 3.59. The lowest BCUT2D eigenvalue weighted by Crippen LogP contribution is -2.61. The minimum Gasteiger partial charge on any atom is -0.506 e. The predicted octanol–water partition coefficient (Wildman–Crippen LogP) is 1.51. The molecule has 0 radical (unpaired) electrons. The highest BCUT2D eigenvalue weighted by Gasteiger charge is 2.49. The lowest BCUT2D eigenvalue weighted by Gasteiger charge is -2.47. The van der Waals surface area contributed by atoms with Crippen LogP contribution in [0.2, 0.25) is 5.02 Å². The third kappa shape index (κ3) is 2.69. The van der Waals surface area contributed by atoms with Crippen LogP contribution in [0.25, 0.3) is 0 Å². The molecule has 3 N–H and O–H groups in total. The lowest BCUT2D eigenvalue weighted by molar-refractivity contribution is -0.149. The average molecular weight is 325 g/mol. The van der Waals surface area contributed by atoms with Crippen molar-refractivity contribution in [2.24, 2.45) is 5.41 Å². The molecule has 0 aliphatic carbocycles. The highest BCUT2D eigenvalue weighted by molar-refractivity contribution is 6.32. The van der Waals surface area contributed by atoms with Gasteiger partial charge >= 0.3 is 0 Å². The molecule has 1 aromatic rings. The standard InChI is InChI=1S/C16H21ClN2O3/c17-14-11(3-1-4-12(14)20)9-19-8-5-13(21)16(10-19)6-2-7-18-15(16)22/h1,3-4,13,20-21H,2,5-10H2,(H,18,22)/t13-,16-/m1/s1. The Kier molecular flexibility index (Phi) is 4.30. The molecular formula is C16H21ClN2O3. The zero-order valence-corrected chi connectivity index (χ0v) is 13.1. The molecular weight excluding hydrogens is 304 g/mol. The normalized spacial score (nSPS) is 29.5. The van der Waals surface area contributed by atoms with Crippen molar-refractivity contribution in [2.45, 2.75) is 31.9 Å². The van der Waals surface area contributed by atoms with E-state index in [-0.39, 0.29) is 11.7 Å². The Hall–Kier alpha value is -1.30. The molecule has 0 unspecified atom stereocenters. The lowest BCUT2D eigenvalue weighted by atomic mass is 9.71. The third-order valence-corrected chi connectivity index (χ3v) is 5.29. The highest BCUT2D eigenvalue weighted by atomic mass is 35.5. The molecule has 2 aliphatic rings. The number of nitrogens with zero attached hydrogens (tertiary/aromatic N) is 1.